The van der Waals surface area contributed by atoms with E-state index < -0.39 is 0 Å². The van der Waals surface area contributed by atoms with Crippen molar-refractivity contribution in [2.75, 3.05) is 0 Å². The normalized spacial score (nSPS) is 10.8. The SMILES string of the molecule is CCn1cc(COc2ccccc2-c2ccco2)c(C)n1. The van der Waals surface area contributed by atoms with E-state index >= 15 is 0 Å². The minimum atomic E-state index is 0.504. The number of nitrogens with zero attached hydrogens (tertiary/aromatic N) is 2. The molecule has 21 heavy (non-hydrogen) atoms. The third-order valence-electron chi connectivity index (χ3n) is 3.43. The predicted octanol–water partition coefficient (Wildman–Crippen LogP) is 4.05. The zero-order chi connectivity index (χ0) is 14.7. The van der Waals surface area contributed by atoms with Crippen LogP contribution in [-0.2, 0) is 13.2 Å². The third kappa shape index (κ3) is 2.84. The van der Waals surface area contributed by atoms with Crippen LogP contribution < -0.4 is 4.74 Å². The summed E-state index contributed by atoms with van der Waals surface area (Å²) in [5, 5.41) is 4.43. The largest absolute Gasteiger partial charge is 0.488 e. The van der Waals surface area contributed by atoms with Crippen LogP contribution in [0, 0.1) is 6.92 Å². The zero-order valence-electron chi connectivity index (χ0n) is 12.2. The molecule has 4 heteroatoms. The van der Waals surface area contributed by atoms with Crippen molar-refractivity contribution >= 4 is 0 Å². The molecular formula is C17H18N2O2. The quantitative estimate of drug-likeness (QED) is 0.708. The Morgan fingerprint density at radius 1 is 1.19 bits per heavy atom. The standard InChI is InChI=1S/C17H18N2O2/c1-3-19-11-14(13(2)18-19)12-21-17-8-5-4-7-15(17)16-9-6-10-20-16/h4-11H,3,12H2,1-2H3. The number of aryl methyl sites for hydroxylation is 2. The summed E-state index contributed by atoms with van der Waals surface area (Å²) in [5.41, 5.74) is 3.07. The maximum atomic E-state index is 5.97. The van der Waals surface area contributed by atoms with Crippen molar-refractivity contribution in [2.45, 2.75) is 27.0 Å². The summed E-state index contributed by atoms with van der Waals surface area (Å²) in [5.74, 6) is 1.63. The number of aromatic nitrogens is 2. The maximum absolute atomic E-state index is 5.97. The van der Waals surface area contributed by atoms with Gasteiger partial charge < -0.3 is 9.15 Å². The first-order chi connectivity index (χ1) is 10.3. The fourth-order valence-corrected chi connectivity index (χ4v) is 2.25. The first-order valence-corrected chi connectivity index (χ1v) is 7.06. The smallest absolute Gasteiger partial charge is 0.137 e. The number of hydrogen-bond acceptors (Lipinski definition) is 3. The highest BCUT2D eigenvalue weighted by Gasteiger charge is 2.10. The molecule has 0 aliphatic carbocycles. The van der Waals surface area contributed by atoms with E-state index in [1.54, 1.807) is 6.26 Å². The molecule has 0 aliphatic heterocycles. The highest BCUT2D eigenvalue weighted by atomic mass is 16.5. The Bertz CT molecular complexity index is 714. The van der Waals surface area contributed by atoms with Gasteiger partial charge in [-0.1, -0.05) is 12.1 Å². The molecular weight excluding hydrogens is 264 g/mol. The van der Waals surface area contributed by atoms with Crippen LogP contribution in [-0.4, -0.2) is 9.78 Å². The lowest BCUT2D eigenvalue weighted by Crippen LogP contribution is -1.97. The van der Waals surface area contributed by atoms with Gasteiger partial charge in [0.25, 0.3) is 0 Å². The molecule has 0 atom stereocenters. The first-order valence-electron chi connectivity index (χ1n) is 7.06. The Balaban J connectivity index is 1.81. The van der Waals surface area contributed by atoms with Gasteiger partial charge in [0.2, 0.25) is 0 Å². The van der Waals surface area contributed by atoms with Gasteiger partial charge in [-0.3, -0.25) is 4.68 Å². The van der Waals surface area contributed by atoms with Gasteiger partial charge in [-0.25, -0.2) is 0 Å². The second-order valence-corrected chi connectivity index (χ2v) is 4.86. The monoisotopic (exact) mass is 282 g/mol. The van der Waals surface area contributed by atoms with Crippen molar-refractivity contribution in [2.24, 2.45) is 0 Å². The van der Waals surface area contributed by atoms with Gasteiger partial charge in [0.15, 0.2) is 0 Å². The number of para-hydroxylation sites is 1. The van der Waals surface area contributed by atoms with Gasteiger partial charge in [0, 0.05) is 18.3 Å². The Kier molecular flexibility index (Phi) is 3.77. The molecule has 3 rings (SSSR count). The topological polar surface area (TPSA) is 40.2 Å². The van der Waals surface area contributed by atoms with E-state index in [1.807, 2.05) is 54.2 Å². The lowest BCUT2D eigenvalue weighted by Gasteiger charge is -2.09. The molecule has 0 fully saturated rings. The Hall–Kier alpha value is -2.49. The summed E-state index contributed by atoms with van der Waals surface area (Å²) in [7, 11) is 0. The van der Waals surface area contributed by atoms with Crippen LogP contribution >= 0.6 is 0 Å². The fraction of sp³-hybridized carbons (Fsp3) is 0.235. The number of benzene rings is 1. The van der Waals surface area contributed by atoms with Crippen molar-refractivity contribution in [1.29, 1.82) is 0 Å². The van der Waals surface area contributed by atoms with Crippen LogP contribution in [0.5, 0.6) is 5.75 Å². The summed E-state index contributed by atoms with van der Waals surface area (Å²) in [6.45, 7) is 5.44. The van der Waals surface area contributed by atoms with Crippen LogP contribution in [0.3, 0.4) is 0 Å². The van der Waals surface area contributed by atoms with Crippen molar-refractivity contribution < 1.29 is 9.15 Å². The average molecular weight is 282 g/mol. The first kappa shape index (κ1) is 13.5. The number of ether oxygens (including phenoxy) is 1. The molecule has 0 N–H and O–H groups in total. The van der Waals surface area contributed by atoms with Crippen LogP contribution in [0.15, 0.2) is 53.3 Å². The van der Waals surface area contributed by atoms with E-state index in [2.05, 4.69) is 12.0 Å². The number of hydrogen-bond donors (Lipinski definition) is 0. The van der Waals surface area contributed by atoms with E-state index in [0.717, 1.165) is 34.9 Å². The van der Waals surface area contributed by atoms with E-state index in [1.165, 1.54) is 0 Å². The van der Waals surface area contributed by atoms with E-state index in [-0.39, 0.29) is 0 Å². The molecule has 0 spiro atoms. The van der Waals surface area contributed by atoms with Gasteiger partial charge in [-0.05, 0) is 38.1 Å². The second kappa shape index (κ2) is 5.87. The predicted molar refractivity (Wildman–Crippen MR) is 81.1 cm³/mol. The Labute approximate surface area is 124 Å². The van der Waals surface area contributed by atoms with Gasteiger partial charge in [-0.15, -0.1) is 0 Å². The van der Waals surface area contributed by atoms with E-state index in [9.17, 15) is 0 Å². The maximum Gasteiger partial charge on any atom is 0.137 e. The van der Waals surface area contributed by atoms with Gasteiger partial charge in [0.05, 0.1) is 17.5 Å². The van der Waals surface area contributed by atoms with Crippen molar-refractivity contribution in [3.05, 3.63) is 60.1 Å². The highest BCUT2D eigenvalue weighted by Crippen LogP contribution is 2.30. The van der Waals surface area contributed by atoms with Crippen LogP contribution in [0.25, 0.3) is 11.3 Å². The molecule has 0 unspecified atom stereocenters. The van der Waals surface area contributed by atoms with E-state index in [0.29, 0.717) is 6.61 Å². The van der Waals surface area contributed by atoms with Gasteiger partial charge in [-0.2, -0.15) is 5.10 Å². The minimum Gasteiger partial charge on any atom is -0.488 e. The Morgan fingerprint density at radius 2 is 2.05 bits per heavy atom. The summed E-state index contributed by atoms with van der Waals surface area (Å²) in [6, 6.07) is 11.7. The van der Waals surface area contributed by atoms with Crippen LogP contribution in [0.4, 0.5) is 0 Å². The minimum absolute atomic E-state index is 0.504. The summed E-state index contributed by atoms with van der Waals surface area (Å²) < 4.78 is 13.4. The van der Waals surface area contributed by atoms with Crippen molar-refractivity contribution in [1.82, 2.24) is 9.78 Å². The van der Waals surface area contributed by atoms with E-state index in [4.69, 9.17) is 9.15 Å². The van der Waals surface area contributed by atoms with Crippen LogP contribution in [0.1, 0.15) is 18.2 Å². The highest BCUT2D eigenvalue weighted by molar-refractivity contribution is 5.65. The average Bonchev–Trinajstić information content (AvgIpc) is 3.15. The fourth-order valence-electron chi connectivity index (χ4n) is 2.25. The molecule has 0 amide bonds. The molecule has 0 bridgehead atoms. The van der Waals surface area contributed by atoms with Crippen molar-refractivity contribution in [3.8, 4) is 17.1 Å². The molecule has 0 saturated carbocycles. The molecule has 2 heterocycles. The molecule has 2 aromatic heterocycles. The van der Waals surface area contributed by atoms with Crippen LogP contribution in [0.2, 0.25) is 0 Å². The molecule has 0 aliphatic rings. The summed E-state index contributed by atoms with van der Waals surface area (Å²) >= 11 is 0. The lowest BCUT2D eigenvalue weighted by atomic mass is 10.1. The summed E-state index contributed by atoms with van der Waals surface area (Å²) in [6.07, 6.45) is 3.70. The second-order valence-electron chi connectivity index (χ2n) is 4.86. The molecule has 0 radical (unpaired) electrons. The van der Waals surface area contributed by atoms with Crippen molar-refractivity contribution in [3.63, 3.8) is 0 Å². The molecule has 4 nitrogen and oxygen atoms in total. The van der Waals surface area contributed by atoms with Gasteiger partial charge >= 0.3 is 0 Å². The molecule has 108 valence electrons. The number of furan rings is 1. The summed E-state index contributed by atoms with van der Waals surface area (Å²) in [4.78, 5) is 0. The number of rotatable bonds is 5. The molecule has 0 saturated heterocycles. The molecule has 3 aromatic rings. The molecule has 1 aromatic carbocycles. The third-order valence-corrected chi connectivity index (χ3v) is 3.43. The van der Waals surface area contributed by atoms with Gasteiger partial charge in [0.1, 0.15) is 18.1 Å². The lowest BCUT2D eigenvalue weighted by molar-refractivity contribution is 0.306. The Morgan fingerprint density at radius 3 is 2.76 bits per heavy atom. The zero-order valence-corrected chi connectivity index (χ0v) is 12.2.